The number of fused-ring (bicyclic) bond motifs is 1. The number of para-hydroxylation sites is 1. The van der Waals surface area contributed by atoms with E-state index in [2.05, 4.69) is 11.4 Å². The molecule has 2 rings (SSSR count). The number of nitrogens with zero attached hydrogens (tertiary/aromatic N) is 1. The molecule has 10 heavy (non-hydrogen) atoms. The lowest BCUT2D eigenvalue weighted by atomic mass is 10.3. The fraction of sp³-hybridized carbons (Fsp3) is 0. The predicted octanol–water partition coefficient (Wildman–Crippen LogP) is 1.95. The van der Waals surface area contributed by atoms with E-state index in [-0.39, 0.29) is 5.24 Å². The Hall–Kier alpha value is -0.960. The maximum absolute atomic E-state index is 10.7. The largest absolute Gasteiger partial charge is 0.310 e. The van der Waals surface area contributed by atoms with Gasteiger partial charge in [-0.1, -0.05) is 12.1 Å². The van der Waals surface area contributed by atoms with Gasteiger partial charge in [-0.3, -0.25) is 4.79 Å². The van der Waals surface area contributed by atoms with Crippen LogP contribution in [-0.4, -0.2) is 5.24 Å². The van der Waals surface area contributed by atoms with Gasteiger partial charge in [0.2, 0.25) is 0 Å². The summed E-state index contributed by atoms with van der Waals surface area (Å²) in [6.45, 7) is 0. The molecular formula is C7H3NOS. The molecule has 0 atom stereocenters. The molecule has 0 N–H and O–H groups in total. The number of rotatable bonds is 0. The second kappa shape index (κ2) is 2.02. The normalized spacial score (nSPS) is 14.6. The smallest absolute Gasteiger partial charge is 0.259 e. The molecule has 2 radical (unpaired) electrons. The van der Waals surface area contributed by atoms with Gasteiger partial charge in [-0.15, -0.1) is 0 Å². The van der Waals surface area contributed by atoms with E-state index in [0.29, 0.717) is 5.69 Å². The van der Waals surface area contributed by atoms with E-state index >= 15 is 0 Å². The minimum atomic E-state index is -0.141. The first-order valence-corrected chi connectivity index (χ1v) is 3.62. The molecule has 1 amide bonds. The predicted molar refractivity (Wildman–Crippen MR) is 38.3 cm³/mol. The van der Waals surface area contributed by atoms with Gasteiger partial charge < -0.3 is 0 Å². The fourth-order valence-electron chi connectivity index (χ4n) is 0.791. The topological polar surface area (TPSA) is 31.2 Å². The molecule has 0 aromatic heterocycles. The van der Waals surface area contributed by atoms with Crippen LogP contribution in [0.5, 0.6) is 0 Å². The maximum Gasteiger partial charge on any atom is 0.310 e. The van der Waals surface area contributed by atoms with Crippen molar-refractivity contribution in [3.63, 3.8) is 0 Å². The van der Waals surface area contributed by atoms with Crippen molar-refractivity contribution >= 4 is 22.7 Å². The van der Waals surface area contributed by atoms with Gasteiger partial charge in [-0.25, -0.2) is 5.32 Å². The van der Waals surface area contributed by atoms with Crippen LogP contribution < -0.4 is 5.32 Å². The number of amides is 1. The average molecular weight is 149 g/mol. The van der Waals surface area contributed by atoms with Gasteiger partial charge in [0.1, 0.15) is 0 Å². The second-order valence-corrected chi connectivity index (χ2v) is 2.86. The lowest BCUT2D eigenvalue weighted by Gasteiger charge is -1.88. The summed E-state index contributed by atoms with van der Waals surface area (Å²) in [5.74, 6) is 0. The highest BCUT2D eigenvalue weighted by Gasteiger charge is 2.19. The lowest BCUT2D eigenvalue weighted by Crippen LogP contribution is -1.93. The summed E-state index contributed by atoms with van der Waals surface area (Å²) < 4.78 is 0. The van der Waals surface area contributed by atoms with E-state index in [9.17, 15) is 4.79 Å². The zero-order valence-corrected chi connectivity index (χ0v) is 5.81. The van der Waals surface area contributed by atoms with Crippen molar-refractivity contribution in [2.24, 2.45) is 0 Å². The Kier molecular flexibility index (Phi) is 1.17. The molecule has 0 aliphatic carbocycles. The van der Waals surface area contributed by atoms with Gasteiger partial charge in [0.15, 0.2) is 0 Å². The van der Waals surface area contributed by atoms with Crippen molar-refractivity contribution in [3.05, 3.63) is 24.3 Å². The summed E-state index contributed by atoms with van der Waals surface area (Å²) in [6, 6.07) is 8.34. The quantitative estimate of drug-likeness (QED) is 0.564. The summed E-state index contributed by atoms with van der Waals surface area (Å²) in [5.41, 5.74) is 0.678. The number of carbonyl (C=O) groups is 1. The molecule has 0 saturated carbocycles. The molecule has 0 spiro atoms. The molecule has 1 aliphatic rings. The molecule has 3 heteroatoms. The summed E-state index contributed by atoms with van der Waals surface area (Å²) in [6.07, 6.45) is 0. The first-order chi connectivity index (χ1) is 4.86. The van der Waals surface area contributed by atoms with Crippen LogP contribution in [0.4, 0.5) is 10.5 Å². The molecule has 48 valence electrons. The van der Waals surface area contributed by atoms with Crippen LogP contribution in [0.25, 0.3) is 0 Å². The molecule has 0 bridgehead atoms. The van der Waals surface area contributed by atoms with Gasteiger partial charge in [0.05, 0.1) is 5.69 Å². The van der Waals surface area contributed by atoms with E-state index in [0.717, 1.165) is 16.7 Å². The molecule has 1 aromatic rings. The Morgan fingerprint density at radius 3 is 3.30 bits per heavy atom. The molecule has 1 aliphatic heterocycles. The van der Waals surface area contributed by atoms with Crippen molar-refractivity contribution in [2.45, 2.75) is 4.90 Å². The van der Waals surface area contributed by atoms with E-state index in [1.165, 1.54) is 0 Å². The van der Waals surface area contributed by atoms with Gasteiger partial charge in [-0.2, -0.15) is 0 Å². The Morgan fingerprint density at radius 1 is 1.60 bits per heavy atom. The van der Waals surface area contributed by atoms with E-state index in [4.69, 9.17) is 0 Å². The highest BCUT2D eigenvalue weighted by Crippen LogP contribution is 2.34. The molecule has 0 saturated heterocycles. The summed E-state index contributed by atoms with van der Waals surface area (Å²) in [4.78, 5) is 11.6. The third-order valence-corrected chi connectivity index (χ3v) is 2.01. The van der Waals surface area contributed by atoms with Crippen LogP contribution in [0.2, 0.25) is 0 Å². The number of hydrogen-bond acceptors (Lipinski definition) is 2. The van der Waals surface area contributed by atoms with Crippen LogP contribution in [0.3, 0.4) is 0 Å². The van der Waals surface area contributed by atoms with Crippen molar-refractivity contribution < 1.29 is 4.79 Å². The molecular weight excluding hydrogens is 146 g/mol. The standard InChI is InChI=1S/C7H3NOS/c9-7-8-5-3-1-2-4-6(5)10-7/h1-2,4H. The van der Waals surface area contributed by atoms with E-state index in [1.807, 2.05) is 12.1 Å². The number of carbonyl (C=O) groups excluding carboxylic acids is 1. The zero-order chi connectivity index (χ0) is 6.97. The Bertz CT molecular complexity index is 258. The average Bonchev–Trinajstić information content (AvgIpc) is 2.27. The van der Waals surface area contributed by atoms with Crippen LogP contribution in [-0.2, 0) is 0 Å². The fourth-order valence-corrected chi connectivity index (χ4v) is 1.46. The second-order valence-electron chi connectivity index (χ2n) is 1.86. The van der Waals surface area contributed by atoms with Crippen molar-refractivity contribution in [3.8, 4) is 0 Å². The monoisotopic (exact) mass is 149 g/mol. The van der Waals surface area contributed by atoms with Crippen LogP contribution in [0.1, 0.15) is 0 Å². The van der Waals surface area contributed by atoms with Crippen LogP contribution in [0, 0.1) is 6.07 Å². The summed E-state index contributed by atoms with van der Waals surface area (Å²) in [7, 11) is 0. The number of hydrogen-bond donors (Lipinski definition) is 0. The highest BCUT2D eigenvalue weighted by molar-refractivity contribution is 8.14. The van der Waals surface area contributed by atoms with Crippen molar-refractivity contribution in [2.75, 3.05) is 0 Å². The summed E-state index contributed by atoms with van der Waals surface area (Å²) in [5, 5.41) is 3.58. The minimum absolute atomic E-state index is 0.141. The Labute approximate surface area is 62.6 Å². The van der Waals surface area contributed by atoms with Crippen molar-refractivity contribution in [1.82, 2.24) is 5.32 Å². The highest BCUT2D eigenvalue weighted by atomic mass is 32.2. The third kappa shape index (κ3) is 0.789. The van der Waals surface area contributed by atoms with Gasteiger partial charge in [-0.05, 0) is 17.8 Å². The van der Waals surface area contributed by atoms with E-state index < -0.39 is 0 Å². The lowest BCUT2D eigenvalue weighted by molar-refractivity contribution is 0.264. The van der Waals surface area contributed by atoms with Gasteiger partial charge >= 0.3 is 5.24 Å². The first-order valence-electron chi connectivity index (χ1n) is 2.80. The Balaban J connectivity index is 2.51. The first kappa shape index (κ1) is 5.80. The molecule has 2 nitrogen and oxygen atoms in total. The molecule has 0 fully saturated rings. The molecule has 1 heterocycles. The maximum atomic E-state index is 10.7. The molecule has 0 unspecified atom stereocenters. The van der Waals surface area contributed by atoms with Crippen molar-refractivity contribution in [1.29, 1.82) is 0 Å². The molecule has 1 aromatic carbocycles. The van der Waals surface area contributed by atoms with Gasteiger partial charge in [0, 0.05) is 11.0 Å². The third-order valence-electron chi connectivity index (χ3n) is 1.20. The van der Waals surface area contributed by atoms with E-state index in [1.54, 1.807) is 6.07 Å². The van der Waals surface area contributed by atoms with Crippen LogP contribution in [0.15, 0.2) is 23.1 Å². The zero-order valence-electron chi connectivity index (χ0n) is 5.00. The van der Waals surface area contributed by atoms with Crippen LogP contribution >= 0.6 is 11.8 Å². The summed E-state index contributed by atoms with van der Waals surface area (Å²) >= 11 is 1.15. The minimum Gasteiger partial charge on any atom is -0.259 e. The number of benzene rings is 1. The SMILES string of the molecule is O=C1[N]c2[c]cccc2S1. The van der Waals surface area contributed by atoms with Gasteiger partial charge in [0.25, 0.3) is 0 Å². The Morgan fingerprint density at radius 2 is 2.50 bits per heavy atom. The number of thioether (sulfide) groups is 1.